The molecular formula is C7H14O5. The zero-order chi connectivity index (χ0) is 9.30. The molecule has 1 aliphatic heterocycles. The van der Waals surface area contributed by atoms with Gasteiger partial charge in [-0.05, 0) is 6.92 Å². The highest BCUT2D eigenvalue weighted by Crippen LogP contribution is 2.20. The molecule has 1 aliphatic rings. The highest BCUT2D eigenvalue weighted by atomic mass is 16.7. The Morgan fingerprint density at radius 3 is 2.17 bits per heavy atom. The van der Waals surface area contributed by atoms with E-state index in [2.05, 4.69) is 0 Å². The lowest BCUT2D eigenvalue weighted by Gasteiger charge is -2.38. The molecule has 0 aromatic rings. The molecule has 0 aliphatic carbocycles. The molecule has 1 rings (SSSR count). The first-order valence-electron chi connectivity index (χ1n) is 3.80. The molecule has 3 unspecified atom stereocenters. The summed E-state index contributed by atoms with van der Waals surface area (Å²) in [5.41, 5.74) is 0. The Bertz CT molecular complexity index is 146. The molecule has 0 aromatic carbocycles. The van der Waals surface area contributed by atoms with Gasteiger partial charge in [-0.2, -0.15) is 0 Å². The lowest BCUT2D eigenvalue weighted by atomic mass is 10.0. The molecule has 5 atom stereocenters. The molecule has 0 saturated carbocycles. The number of methoxy groups -OCH3 is 1. The summed E-state index contributed by atoms with van der Waals surface area (Å²) in [7, 11) is 1.37. The van der Waals surface area contributed by atoms with Gasteiger partial charge in [-0.25, -0.2) is 0 Å². The largest absolute Gasteiger partial charge is 0.388 e. The molecular weight excluding hydrogens is 164 g/mol. The summed E-state index contributed by atoms with van der Waals surface area (Å²) in [6, 6.07) is 0. The summed E-state index contributed by atoms with van der Waals surface area (Å²) >= 11 is 0. The molecule has 0 bridgehead atoms. The van der Waals surface area contributed by atoms with Gasteiger partial charge in [0.2, 0.25) is 0 Å². The molecule has 1 heterocycles. The van der Waals surface area contributed by atoms with Gasteiger partial charge in [0.1, 0.15) is 18.3 Å². The van der Waals surface area contributed by atoms with Crippen LogP contribution in [0.25, 0.3) is 0 Å². The molecule has 0 spiro atoms. The Balaban J connectivity index is 2.63. The maximum Gasteiger partial charge on any atom is 0.186 e. The first-order chi connectivity index (χ1) is 5.57. The second-order valence-corrected chi connectivity index (χ2v) is 2.92. The molecule has 3 N–H and O–H groups in total. The third-order valence-corrected chi connectivity index (χ3v) is 2.04. The van der Waals surface area contributed by atoms with Crippen molar-refractivity contribution in [2.24, 2.45) is 0 Å². The third kappa shape index (κ3) is 1.60. The van der Waals surface area contributed by atoms with Crippen molar-refractivity contribution in [3.63, 3.8) is 0 Å². The number of aliphatic hydroxyl groups excluding tert-OH is 3. The highest BCUT2D eigenvalue weighted by Gasteiger charge is 2.41. The minimum atomic E-state index is -1.21. The molecule has 12 heavy (non-hydrogen) atoms. The Labute approximate surface area is 70.5 Å². The standard InChI is InChI=1S/C7H14O5/c1-3-4(8)5(9)6(10)7(11-2)12-3/h3-10H,1-2H3/t3-,4?,5?,6+,7?/m0/s1. The number of aliphatic hydroxyl groups is 3. The molecule has 5 nitrogen and oxygen atoms in total. The van der Waals surface area contributed by atoms with E-state index in [0.29, 0.717) is 0 Å². The monoisotopic (exact) mass is 178 g/mol. The van der Waals surface area contributed by atoms with Crippen LogP contribution >= 0.6 is 0 Å². The van der Waals surface area contributed by atoms with Crippen LogP contribution in [0.3, 0.4) is 0 Å². The van der Waals surface area contributed by atoms with Crippen molar-refractivity contribution < 1.29 is 24.8 Å². The van der Waals surface area contributed by atoms with Gasteiger partial charge in [0.15, 0.2) is 6.29 Å². The van der Waals surface area contributed by atoms with Crippen LogP contribution in [0.1, 0.15) is 6.92 Å². The van der Waals surface area contributed by atoms with Gasteiger partial charge in [0.05, 0.1) is 6.10 Å². The quantitative estimate of drug-likeness (QED) is 0.453. The summed E-state index contributed by atoms with van der Waals surface area (Å²) in [5, 5.41) is 27.8. The molecule has 0 amide bonds. The molecule has 0 radical (unpaired) electrons. The van der Waals surface area contributed by atoms with Gasteiger partial charge in [-0.1, -0.05) is 0 Å². The fourth-order valence-corrected chi connectivity index (χ4v) is 1.21. The number of ether oxygens (including phenoxy) is 2. The second-order valence-electron chi connectivity index (χ2n) is 2.92. The van der Waals surface area contributed by atoms with E-state index in [-0.39, 0.29) is 0 Å². The average Bonchev–Trinajstić information content (AvgIpc) is 2.08. The summed E-state index contributed by atoms with van der Waals surface area (Å²) in [6.45, 7) is 1.60. The van der Waals surface area contributed by atoms with Crippen LogP contribution in [-0.2, 0) is 9.47 Å². The SMILES string of the molecule is COC1O[C@@H](C)C(O)C(O)[C@H]1O. The predicted octanol–water partition coefficient (Wildman–Crippen LogP) is -1.54. The topological polar surface area (TPSA) is 79.2 Å². The van der Waals surface area contributed by atoms with Gasteiger partial charge >= 0.3 is 0 Å². The predicted molar refractivity (Wildman–Crippen MR) is 39.4 cm³/mol. The van der Waals surface area contributed by atoms with E-state index in [9.17, 15) is 15.3 Å². The van der Waals surface area contributed by atoms with Crippen molar-refractivity contribution in [1.29, 1.82) is 0 Å². The normalized spacial score (nSPS) is 49.2. The zero-order valence-corrected chi connectivity index (χ0v) is 7.04. The van der Waals surface area contributed by atoms with E-state index in [1.165, 1.54) is 7.11 Å². The van der Waals surface area contributed by atoms with Crippen LogP contribution in [0.15, 0.2) is 0 Å². The summed E-state index contributed by atoms with van der Waals surface area (Å²) in [5.74, 6) is 0. The Kier molecular flexibility index (Phi) is 3.03. The molecule has 1 fully saturated rings. The molecule has 1 saturated heterocycles. The van der Waals surface area contributed by atoms with E-state index in [4.69, 9.17) is 9.47 Å². The van der Waals surface area contributed by atoms with Crippen LogP contribution < -0.4 is 0 Å². The van der Waals surface area contributed by atoms with Crippen LogP contribution in [0.5, 0.6) is 0 Å². The van der Waals surface area contributed by atoms with Crippen molar-refractivity contribution in [1.82, 2.24) is 0 Å². The third-order valence-electron chi connectivity index (χ3n) is 2.04. The van der Waals surface area contributed by atoms with Crippen molar-refractivity contribution in [3.8, 4) is 0 Å². The fraction of sp³-hybridized carbons (Fsp3) is 1.00. The average molecular weight is 178 g/mol. The lowest BCUT2D eigenvalue weighted by molar-refractivity contribution is -0.286. The van der Waals surface area contributed by atoms with Crippen molar-refractivity contribution in [2.75, 3.05) is 7.11 Å². The molecule has 5 heteroatoms. The lowest BCUT2D eigenvalue weighted by Crippen LogP contribution is -2.57. The number of hydrogen-bond acceptors (Lipinski definition) is 5. The van der Waals surface area contributed by atoms with Crippen molar-refractivity contribution >= 4 is 0 Å². The number of rotatable bonds is 1. The zero-order valence-electron chi connectivity index (χ0n) is 7.04. The van der Waals surface area contributed by atoms with E-state index in [1.807, 2.05) is 0 Å². The fourth-order valence-electron chi connectivity index (χ4n) is 1.21. The first kappa shape index (κ1) is 9.88. The van der Waals surface area contributed by atoms with E-state index in [0.717, 1.165) is 0 Å². The van der Waals surface area contributed by atoms with Gasteiger partial charge in [-0.3, -0.25) is 0 Å². The Morgan fingerprint density at radius 2 is 1.67 bits per heavy atom. The van der Waals surface area contributed by atoms with Gasteiger partial charge < -0.3 is 24.8 Å². The maximum atomic E-state index is 9.27. The van der Waals surface area contributed by atoms with Crippen LogP contribution in [0.4, 0.5) is 0 Å². The molecule has 72 valence electrons. The van der Waals surface area contributed by atoms with Crippen LogP contribution in [-0.4, -0.2) is 53.1 Å². The van der Waals surface area contributed by atoms with Crippen LogP contribution in [0.2, 0.25) is 0 Å². The van der Waals surface area contributed by atoms with Crippen LogP contribution in [0, 0.1) is 0 Å². The summed E-state index contributed by atoms with van der Waals surface area (Å²) in [6.07, 6.45) is -4.86. The van der Waals surface area contributed by atoms with E-state index < -0.39 is 30.7 Å². The Hall–Kier alpha value is -0.200. The molecule has 0 aromatic heterocycles. The van der Waals surface area contributed by atoms with E-state index in [1.54, 1.807) is 6.92 Å². The van der Waals surface area contributed by atoms with Crippen molar-refractivity contribution in [3.05, 3.63) is 0 Å². The van der Waals surface area contributed by atoms with Gasteiger partial charge in [0, 0.05) is 7.11 Å². The summed E-state index contributed by atoms with van der Waals surface area (Å²) < 4.78 is 9.80. The summed E-state index contributed by atoms with van der Waals surface area (Å²) in [4.78, 5) is 0. The first-order valence-corrected chi connectivity index (χ1v) is 3.80. The number of hydrogen-bond donors (Lipinski definition) is 3. The van der Waals surface area contributed by atoms with Gasteiger partial charge in [0.25, 0.3) is 0 Å². The van der Waals surface area contributed by atoms with Crippen molar-refractivity contribution in [2.45, 2.75) is 37.6 Å². The van der Waals surface area contributed by atoms with Gasteiger partial charge in [-0.15, -0.1) is 0 Å². The minimum absolute atomic E-state index is 0.534. The smallest absolute Gasteiger partial charge is 0.186 e. The van der Waals surface area contributed by atoms with E-state index >= 15 is 0 Å². The highest BCUT2D eigenvalue weighted by molar-refractivity contribution is 4.86. The second kappa shape index (κ2) is 3.68. The Morgan fingerprint density at radius 1 is 1.08 bits per heavy atom. The maximum absolute atomic E-state index is 9.27. The minimum Gasteiger partial charge on any atom is -0.388 e.